The van der Waals surface area contributed by atoms with E-state index in [1.165, 1.54) is 0 Å². The fraction of sp³-hybridized carbons (Fsp3) is 0.476. The Hall–Kier alpha value is -2.83. The van der Waals surface area contributed by atoms with Crippen molar-refractivity contribution >= 4 is 11.9 Å². The number of nitrogens with zero attached hydrogens (tertiary/aromatic N) is 2. The Bertz CT molecular complexity index is 882. The van der Waals surface area contributed by atoms with Gasteiger partial charge in [-0.25, -0.2) is 0 Å². The van der Waals surface area contributed by atoms with Gasteiger partial charge in [0, 0.05) is 13.1 Å². The van der Waals surface area contributed by atoms with E-state index in [-0.39, 0.29) is 25.0 Å². The van der Waals surface area contributed by atoms with Crippen molar-refractivity contribution in [2.24, 2.45) is 17.8 Å². The van der Waals surface area contributed by atoms with E-state index < -0.39 is 11.9 Å². The number of benzene rings is 1. The Balaban J connectivity index is 1.51. The molecule has 148 valence electrons. The number of aryl methyl sites for hydroxylation is 2. The molecule has 2 fully saturated rings. The summed E-state index contributed by atoms with van der Waals surface area (Å²) in [4.78, 5) is 26.4. The molecule has 0 unspecified atom stereocenters. The Morgan fingerprint density at radius 2 is 2.00 bits per heavy atom. The summed E-state index contributed by atoms with van der Waals surface area (Å²) in [5, 5.41) is 13.5. The van der Waals surface area contributed by atoms with Crippen LogP contribution in [0.15, 0.2) is 28.8 Å². The summed E-state index contributed by atoms with van der Waals surface area (Å²) >= 11 is 0. The standard InChI is InChI=1S/C21H24N2O5/c1-12-18(13(2)28-22-12)11-27-19-6-4-3-5-15(19)20(24)23-9-16(14-7-8-14)17(10-23)21(25)26/h3-6,14,16-17H,7-11H2,1-2H3,(H,25,26)/t16-,17+/m1/s1. The predicted molar refractivity (Wildman–Crippen MR) is 100.0 cm³/mol. The Morgan fingerprint density at radius 3 is 2.64 bits per heavy atom. The van der Waals surface area contributed by atoms with Crippen LogP contribution >= 0.6 is 0 Å². The number of hydrogen-bond acceptors (Lipinski definition) is 5. The second-order valence-electron chi connectivity index (χ2n) is 7.74. The zero-order chi connectivity index (χ0) is 19.8. The molecule has 1 saturated heterocycles. The molecular weight excluding hydrogens is 360 g/mol. The Kier molecular flexibility index (Phi) is 4.83. The van der Waals surface area contributed by atoms with Gasteiger partial charge in [0.05, 0.1) is 22.7 Å². The molecule has 0 spiro atoms. The molecule has 2 atom stereocenters. The van der Waals surface area contributed by atoms with Crippen molar-refractivity contribution in [1.29, 1.82) is 0 Å². The molecule has 0 radical (unpaired) electrons. The van der Waals surface area contributed by atoms with Crippen LogP contribution in [-0.4, -0.2) is 40.1 Å². The van der Waals surface area contributed by atoms with Gasteiger partial charge in [-0.15, -0.1) is 0 Å². The third-order valence-corrected chi connectivity index (χ3v) is 5.87. The average molecular weight is 384 g/mol. The van der Waals surface area contributed by atoms with E-state index in [1.54, 1.807) is 23.1 Å². The first-order valence-electron chi connectivity index (χ1n) is 9.61. The van der Waals surface area contributed by atoms with Gasteiger partial charge in [-0.3, -0.25) is 9.59 Å². The van der Waals surface area contributed by atoms with Gasteiger partial charge in [-0.1, -0.05) is 17.3 Å². The molecule has 2 aliphatic rings. The third kappa shape index (κ3) is 3.48. The molecule has 1 saturated carbocycles. The van der Waals surface area contributed by atoms with Crippen molar-refractivity contribution < 1.29 is 24.0 Å². The van der Waals surface area contributed by atoms with Crippen LogP contribution in [-0.2, 0) is 11.4 Å². The molecule has 1 aliphatic carbocycles. The minimum absolute atomic E-state index is 0.0526. The second kappa shape index (κ2) is 7.30. The molecule has 7 heteroatoms. The summed E-state index contributed by atoms with van der Waals surface area (Å²) in [5.41, 5.74) is 2.08. The first-order chi connectivity index (χ1) is 13.5. The van der Waals surface area contributed by atoms with Crippen LogP contribution in [0.25, 0.3) is 0 Å². The number of para-hydroxylation sites is 1. The van der Waals surface area contributed by atoms with Crippen molar-refractivity contribution in [3.8, 4) is 5.75 Å². The number of hydrogen-bond donors (Lipinski definition) is 1. The number of amides is 1. The number of carbonyl (C=O) groups excluding carboxylic acids is 1. The maximum absolute atomic E-state index is 13.1. The molecule has 1 aliphatic heterocycles. The highest BCUT2D eigenvalue weighted by Gasteiger charge is 2.47. The van der Waals surface area contributed by atoms with Crippen molar-refractivity contribution in [3.63, 3.8) is 0 Å². The molecule has 1 N–H and O–H groups in total. The SMILES string of the molecule is Cc1noc(C)c1COc1ccccc1C(=O)N1C[C@H](C(=O)O)[C@@H](C2CC2)C1. The van der Waals surface area contributed by atoms with E-state index in [0.29, 0.717) is 29.5 Å². The van der Waals surface area contributed by atoms with Gasteiger partial charge in [0.2, 0.25) is 0 Å². The van der Waals surface area contributed by atoms with E-state index in [4.69, 9.17) is 9.26 Å². The minimum Gasteiger partial charge on any atom is -0.488 e. The lowest BCUT2D eigenvalue weighted by Crippen LogP contribution is -2.30. The number of carboxylic acid groups (broad SMARTS) is 1. The average Bonchev–Trinajstić information content (AvgIpc) is 3.35. The van der Waals surface area contributed by atoms with Crippen LogP contribution in [0.2, 0.25) is 0 Å². The van der Waals surface area contributed by atoms with E-state index in [9.17, 15) is 14.7 Å². The summed E-state index contributed by atoms with van der Waals surface area (Å²) < 4.78 is 11.1. The molecule has 7 nitrogen and oxygen atoms in total. The fourth-order valence-electron chi connectivity index (χ4n) is 4.06. The highest BCUT2D eigenvalue weighted by atomic mass is 16.5. The number of aromatic nitrogens is 1. The van der Waals surface area contributed by atoms with Gasteiger partial charge >= 0.3 is 5.97 Å². The molecule has 1 aromatic carbocycles. The molecule has 1 aromatic heterocycles. The Labute approximate surface area is 163 Å². The smallest absolute Gasteiger partial charge is 0.308 e. The maximum Gasteiger partial charge on any atom is 0.308 e. The van der Waals surface area contributed by atoms with E-state index in [0.717, 1.165) is 24.1 Å². The topological polar surface area (TPSA) is 92.9 Å². The van der Waals surface area contributed by atoms with Crippen LogP contribution in [0.1, 0.15) is 40.2 Å². The zero-order valence-corrected chi connectivity index (χ0v) is 16.1. The number of likely N-dealkylation sites (tertiary alicyclic amines) is 1. The van der Waals surface area contributed by atoms with Crippen molar-refractivity contribution in [1.82, 2.24) is 10.1 Å². The molecule has 4 rings (SSSR count). The van der Waals surface area contributed by atoms with Crippen molar-refractivity contribution in [2.45, 2.75) is 33.3 Å². The number of rotatable bonds is 6. The molecule has 2 aromatic rings. The Morgan fingerprint density at radius 1 is 1.25 bits per heavy atom. The molecular formula is C21H24N2O5. The van der Waals surface area contributed by atoms with Crippen LogP contribution in [0.5, 0.6) is 5.75 Å². The molecule has 2 heterocycles. The number of carbonyl (C=O) groups is 2. The highest BCUT2D eigenvalue weighted by molar-refractivity contribution is 5.97. The number of aliphatic carboxylic acids is 1. The lowest BCUT2D eigenvalue weighted by Gasteiger charge is -2.18. The van der Waals surface area contributed by atoms with Gasteiger partial charge < -0.3 is 19.3 Å². The lowest BCUT2D eigenvalue weighted by molar-refractivity contribution is -0.142. The van der Waals surface area contributed by atoms with Gasteiger partial charge in [0.1, 0.15) is 18.1 Å². The van der Waals surface area contributed by atoms with E-state index >= 15 is 0 Å². The zero-order valence-electron chi connectivity index (χ0n) is 16.1. The fourth-order valence-corrected chi connectivity index (χ4v) is 4.06. The second-order valence-corrected chi connectivity index (χ2v) is 7.74. The summed E-state index contributed by atoms with van der Waals surface area (Å²) in [6.45, 7) is 4.69. The lowest BCUT2D eigenvalue weighted by atomic mass is 9.92. The third-order valence-electron chi connectivity index (χ3n) is 5.87. The van der Waals surface area contributed by atoms with E-state index in [1.807, 2.05) is 19.9 Å². The van der Waals surface area contributed by atoms with Crippen LogP contribution in [0.4, 0.5) is 0 Å². The number of carboxylic acids is 1. The summed E-state index contributed by atoms with van der Waals surface area (Å²) in [6, 6.07) is 7.09. The quantitative estimate of drug-likeness (QED) is 0.823. The maximum atomic E-state index is 13.1. The van der Waals surface area contributed by atoms with Crippen molar-refractivity contribution in [3.05, 3.63) is 46.8 Å². The molecule has 1 amide bonds. The van der Waals surface area contributed by atoms with Gasteiger partial charge in [-0.2, -0.15) is 0 Å². The molecule has 0 bridgehead atoms. The number of ether oxygens (including phenoxy) is 1. The summed E-state index contributed by atoms with van der Waals surface area (Å²) in [6.07, 6.45) is 2.13. The first kappa shape index (κ1) is 18.5. The van der Waals surface area contributed by atoms with Crippen molar-refractivity contribution in [2.75, 3.05) is 13.1 Å². The van der Waals surface area contributed by atoms with E-state index in [2.05, 4.69) is 5.16 Å². The van der Waals surface area contributed by atoms with Gasteiger partial charge in [0.15, 0.2) is 0 Å². The normalized spacial score (nSPS) is 21.7. The minimum atomic E-state index is -0.810. The molecule has 28 heavy (non-hydrogen) atoms. The predicted octanol–water partition coefficient (Wildman–Crippen LogP) is 3.05. The summed E-state index contributed by atoms with van der Waals surface area (Å²) in [5.74, 6) is 0.194. The van der Waals surface area contributed by atoms with Gasteiger partial charge in [-0.05, 0) is 50.7 Å². The van der Waals surface area contributed by atoms with Crippen LogP contribution < -0.4 is 4.74 Å². The summed E-state index contributed by atoms with van der Waals surface area (Å²) in [7, 11) is 0. The van der Waals surface area contributed by atoms with Gasteiger partial charge in [0.25, 0.3) is 5.91 Å². The monoisotopic (exact) mass is 384 g/mol. The first-order valence-corrected chi connectivity index (χ1v) is 9.61. The van der Waals surface area contributed by atoms with Crippen LogP contribution in [0, 0.1) is 31.6 Å². The highest BCUT2D eigenvalue weighted by Crippen LogP contribution is 2.44. The largest absolute Gasteiger partial charge is 0.488 e. The van der Waals surface area contributed by atoms with Crippen LogP contribution in [0.3, 0.4) is 0 Å².